The van der Waals surface area contributed by atoms with E-state index in [0.29, 0.717) is 11.3 Å². The van der Waals surface area contributed by atoms with Crippen molar-refractivity contribution >= 4 is 0 Å². The van der Waals surface area contributed by atoms with Crippen molar-refractivity contribution in [2.75, 3.05) is 0 Å². The Labute approximate surface area is 72.4 Å². The van der Waals surface area contributed by atoms with Crippen LogP contribution >= 0.6 is 0 Å². The fraction of sp³-hybridized carbons (Fsp3) is 0.909. The summed E-state index contributed by atoms with van der Waals surface area (Å²) in [6, 6.07) is 0. The van der Waals surface area contributed by atoms with Gasteiger partial charge in [-0.2, -0.15) is 0 Å². The van der Waals surface area contributed by atoms with Crippen LogP contribution < -0.4 is 0 Å². The molecule has 0 heterocycles. The van der Waals surface area contributed by atoms with Crippen molar-refractivity contribution in [2.45, 2.75) is 48.0 Å². The Balaban J connectivity index is 4.35. The van der Waals surface area contributed by atoms with Crippen LogP contribution in [0.2, 0.25) is 0 Å². The van der Waals surface area contributed by atoms with Crippen LogP contribution in [0.3, 0.4) is 0 Å². The van der Waals surface area contributed by atoms with E-state index in [-0.39, 0.29) is 5.41 Å². The minimum atomic E-state index is 0.194. The molecule has 0 aromatic rings. The fourth-order valence-corrected chi connectivity index (χ4v) is 1.36. The monoisotopic (exact) mass is 155 g/mol. The van der Waals surface area contributed by atoms with Gasteiger partial charge in [-0.3, -0.25) is 0 Å². The molecule has 0 aromatic carbocycles. The van der Waals surface area contributed by atoms with Crippen LogP contribution in [-0.2, 0) is 0 Å². The maximum Gasteiger partial charge on any atom is -0.0323 e. The molecule has 0 aliphatic carbocycles. The summed E-state index contributed by atoms with van der Waals surface area (Å²) < 4.78 is 0. The molecule has 0 fully saturated rings. The molecule has 0 aromatic heterocycles. The third kappa shape index (κ3) is 2.84. The normalized spacial score (nSPS) is 16.6. The first-order valence-electron chi connectivity index (χ1n) is 4.57. The van der Waals surface area contributed by atoms with Gasteiger partial charge in [0.25, 0.3) is 0 Å². The van der Waals surface area contributed by atoms with Crippen LogP contribution in [-0.4, -0.2) is 0 Å². The van der Waals surface area contributed by atoms with Gasteiger partial charge in [0.2, 0.25) is 0 Å². The highest BCUT2D eigenvalue weighted by Gasteiger charge is 2.32. The Morgan fingerprint density at radius 1 is 1.18 bits per heavy atom. The zero-order chi connectivity index (χ0) is 9.28. The van der Waals surface area contributed by atoms with Gasteiger partial charge in [-0.05, 0) is 23.7 Å². The molecule has 0 saturated heterocycles. The van der Waals surface area contributed by atoms with Gasteiger partial charge < -0.3 is 0 Å². The molecule has 0 aliphatic heterocycles. The zero-order valence-corrected chi connectivity index (χ0v) is 8.99. The van der Waals surface area contributed by atoms with E-state index < -0.39 is 0 Å². The summed E-state index contributed by atoms with van der Waals surface area (Å²) >= 11 is 0. The molecule has 67 valence electrons. The van der Waals surface area contributed by atoms with E-state index in [0.717, 1.165) is 0 Å². The SMILES string of the molecule is [CH2]C(C)(C)C(C)C(C)(C)CC. The lowest BCUT2D eigenvalue weighted by molar-refractivity contribution is 0.119. The lowest BCUT2D eigenvalue weighted by Gasteiger charge is -2.40. The maximum absolute atomic E-state index is 4.18. The Kier molecular flexibility index (Phi) is 3.16. The molecule has 0 bridgehead atoms. The third-order valence-corrected chi connectivity index (χ3v) is 3.26. The predicted molar refractivity (Wildman–Crippen MR) is 52.4 cm³/mol. The van der Waals surface area contributed by atoms with Crippen molar-refractivity contribution in [3.05, 3.63) is 6.92 Å². The lowest BCUT2D eigenvalue weighted by atomic mass is 9.66. The highest BCUT2D eigenvalue weighted by Crippen LogP contribution is 2.41. The molecular formula is C11H23. The topological polar surface area (TPSA) is 0 Å². The second-order valence-electron chi connectivity index (χ2n) is 5.05. The Bertz CT molecular complexity index is 114. The van der Waals surface area contributed by atoms with Crippen molar-refractivity contribution in [1.82, 2.24) is 0 Å². The van der Waals surface area contributed by atoms with E-state index >= 15 is 0 Å². The van der Waals surface area contributed by atoms with Crippen LogP contribution in [0.15, 0.2) is 0 Å². The third-order valence-electron chi connectivity index (χ3n) is 3.26. The van der Waals surface area contributed by atoms with Crippen LogP contribution in [0.5, 0.6) is 0 Å². The highest BCUT2D eigenvalue weighted by atomic mass is 14.4. The van der Waals surface area contributed by atoms with E-state index in [1.165, 1.54) is 6.42 Å². The second-order valence-corrected chi connectivity index (χ2v) is 5.05. The van der Waals surface area contributed by atoms with E-state index in [9.17, 15) is 0 Å². The van der Waals surface area contributed by atoms with Gasteiger partial charge in [0.1, 0.15) is 0 Å². The average Bonchev–Trinajstić information content (AvgIpc) is 1.84. The summed E-state index contributed by atoms with van der Waals surface area (Å²) in [5.41, 5.74) is 0.616. The molecule has 0 heteroatoms. The molecule has 11 heavy (non-hydrogen) atoms. The van der Waals surface area contributed by atoms with E-state index in [1.54, 1.807) is 0 Å². The molecule has 0 rings (SSSR count). The molecule has 0 N–H and O–H groups in total. The second kappa shape index (κ2) is 3.16. The maximum atomic E-state index is 4.18. The minimum Gasteiger partial charge on any atom is -0.0649 e. The standard InChI is InChI=1S/C11H23/c1-8-11(6,7)9(2)10(3,4)5/h9H,3,8H2,1-2,4-7H3. The molecule has 1 atom stereocenters. The number of hydrogen-bond acceptors (Lipinski definition) is 0. The van der Waals surface area contributed by atoms with Crippen LogP contribution in [0.25, 0.3) is 0 Å². The van der Waals surface area contributed by atoms with Crippen molar-refractivity contribution in [2.24, 2.45) is 16.7 Å². The molecule has 0 aliphatic rings. The minimum absolute atomic E-state index is 0.194. The molecule has 0 spiro atoms. The molecule has 1 radical (unpaired) electrons. The van der Waals surface area contributed by atoms with Crippen molar-refractivity contribution < 1.29 is 0 Å². The zero-order valence-electron chi connectivity index (χ0n) is 8.99. The largest absolute Gasteiger partial charge is 0.0649 e. The van der Waals surface area contributed by atoms with Crippen LogP contribution in [0.1, 0.15) is 48.0 Å². The Morgan fingerprint density at radius 2 is 1.55 bits per heavy atom. The fourth-order valence-electron chi connectivity index (χ4n) is 1.36. The summed E-state index contributed by atoms with van der Waals surface area (Å²) in [5.74, 6) is 0.667. The highest BCUT2D eigenvalue weighted by molar-refractivity contribution is 4.86. The number of rotatable bonds is 3. The van der Waals surface area contributed by atoms with Gasteiger partial charge in [-0.15, -0.1) is 0 Å². The molecule has 1 unspecified atom stereocenters. The van der Waals surface area contributed by atoms with Crippen molar-refractivity contribution in [3.63, 3.8) is 0 Å². The van der Waals surface area contributed by atoms with Crippen LogP contribution in [0, 0.1) is 23.7 Å². The first-order valence-corrected chi connectivity index (χ1v) is 4.57. The summed E-state index contributed by atoms with van der Waals surface area (Å²) in [5, 5.41) is 0. The number of hydrogen-bond donors (Lipinski definition) is 0. The van der Waals surface area contributed by atoms with Gasteiger partial charge in [0.15, 0.2) is 0 Å². The van der Waals surface area contributed by atoms with E-state index in [2.05, 4.69) is 48.5 Å². The quantitative estimate of drug-likeness (QED) is 0.579. The Hall–Kier alpha value is 0. The molecule has 0 saturated carbocycles. The first kappa shape index (κ1) is 11.0. The lowest BCUT2D eigenvalue weighted by Crippen LogP contribution is -2.31. The Morgan fingerprint density at radius 3 is 1.64 bits per heavy atom. The molecule has 0 amide bonds. The molecular weight excluding hydrogens is 132 g/mol. The van der Waals surface area contributed by atoms with Gasteiger partial charge in [-0.1, -0.05) is 48.0 Å². The average molecular weight is 155 g/mol. The van der Waals surface area contributed by atoms with E-state index in [4.69, 9.17) is 0 Å². The predicted octanol–water partition coefficient (Wildman–Crippen LogP) is 3.92. The van der Waals surface area contributed by atoms with Crippen LogP contribution in [0.4, 0.5) is 0 Å². The van der Waals surface area contributed by atoms with Gasteiger partial charge in [0, 0.05) is 0 Å². The van der Waals surface area contributed by atoms with E-state index in [1.807, 2.05) is 0 Å². The van der Waals surface area contributed by atoms with Crippen molar-refractivity contribution in [1.29, 1.82) is 0 Å². The summed E-state index contributed by atoms with van der Waals surface area (Å²) in [6.07, 6.45) is 1.23. The first-order chi connectivity index (χ1) is 4.72. The van der Waals surface area contributed by atoms with Gasteiger partial charge in [-0.25, -0.2) is 0 Å². The molecule has 0 nitrogen and oxygen atoms in total. The summed E-state index contributed by atoms with van der Waals surface area (Å²) in [7, 11) is 0. The van der Waals surface area contributed by atoms with Gasteiger partial charge >= 0.3 is 0 Å². The summed E-state index contributed by atoms with van der Waals surface area (Å²) in [6.45, 7) is 17.8. The van der Waals surface area contributed by atoms with Gasteiger partial charge in [0.05, 0.1) is 0 Å². The van der Waals surface area contributed by atoms with Crippen molar-refractivity contribution in [3.8, 4) is 0 Å². The smallest absolute Gasteiger partial charge is 0.0323 e. The summed E-state index contributed by atoms with van der Waals surface area (Å²) in [4.78, 5) is 0.